The van der Waals surface area contributed by atoms with E-state index in [4.69, 9.17) is 4.74 Å². The monoisotopic (exact) mass is 350 g/mol. The molecule has 0 spiro atoms. The largest absolute Gasteiger partial charge is 0.462 e. The minimum Gasteiger partial charge on any atom is -0.462 e. The number of nitrogens with zero attached hydrogens (tertiary/aromatic N) is 2. The van der Waals surface area contributed by atoms with Crippen molar-refractivity contribution >= 4 is 21.9 Å². The topological polar surface area (TPSA) is 44.1 Å². The molecule has 0 unspecified atom stereocenters. The molecule has 0 aliphatic rings. The van der Waals surface area contributed by atoms with Crippen molar-refractivity contribution in [2.45, 2.75) is 33.2 Å². The van der Waals surface area contributed by atoms with E-state index in [1.807, 2.05) is 29.8 Å². The van der Waals surface area contributed by atoms with Crippen LogP contribution in [0.5, 0.6) is 0 Å². The van der Waals surface area contributed by atoms with Gasteiger partial charge in [-0.2, -0.15) is 5.10 Å². The molecule has 21 heavy (non-hydrogen) atoms. The first-order chi connectivity index (χ1) is 10.2. The van der Waals surface area contributed by atoms with E-state index in [1.165, 1.54) is 0 Å². The molecule has 0 saturated heterocycles. The van der Waals surface area contributed by atoms with Crippen molar-refractivity contribution in [3.05, 3.63) is 51.8 Å². The minimum absolute atomic E-state index is 0.290. The summed E-state index contributed by atoms with van der Waals surface area (Å²) in [4.78, 5) is 12.0. The van der Waals surface area contributed by atoms with Gasteiger partial charge in [-0.3, -0.25) is 4.68 Å². The predicted molar refractivity (Wildman–Crippen MR) is 85.4 cm³/mol. The predicted octanol–water partition coefficient (Wildman–Crippen LogP) is 3.82. The molecule has 0 fully saturated rings. The third-order valence-corrected chi connectivity index (χ3v) is 3.65. The zero-order valence-corrected chi connectivity index (χ0v) is 13.9. The fraction of sp³-hybridized carbons (Fsp3) is 0.375. The van der Waals surface area contributed by atoms with Crippen LogP contribution in [0.15, 0.2) is 34.9 Å². The van der Waals surface area contributed by atoms with Crippen molar-refractivity contribution in [3.8, 4) is 0 Å². The van der Waals surface area contributed by atoms with Crippen LogP contribution in [0.25, 0.3) is 0 Å². The lowest BCUT2D eigenvalue weighted by Crippen LogP contribution is -2.11. The highest BCUT2D eigenvalue weighted by molar-refractivity contribution is 9.10. The first kappa shape index (κ1) is 15.8. The summed E-state index contributed by atoms with van der Waals surface area (Å²) in [6.07, 6.45) is 3.37. The number of hydrogen-bond donors (Lipinski definition) is 0. The molecule has 0 N–H and O–H groups in total. The van der Waals surface area contributed by atoms with E-state index in [0.29, 0.717) is 18.7 Å². The number of aromatic nitrogens is 2. The molecule has 2 rings (SSSR count). The van der Waals surface area contributed by atoms with Gasteiger partial charge in [0.15, 0.2) is 0 Å². The van der Waals surface area contributed by atoms with Crippen molar-refractivity contribution in [1.82, 2.24) is 9.78 Å². The summed E-state index contributed by atoms with van der Waals surface area (Å²) in [6, 6.07) is 8.09. The van der Waals surface area contributed by atoms with Crippen LogP contribution >= 0.6 is 15.9 Å². The van der Waals surface area contributed by atoms with Crippen molar-refractivity contribution < 1.29 is 9.53 Å². The first-order valence-electron chi connectivity index (χ1n) is 7.12. The van der Waals surface area contributed by atoms with E-state index in [9.17, 15) is 4.79 Å². The summed E-state index contributed by atoms with van der Waals surface area (Å²) in [5.74, 6) is -0.290. The van der Waals surface area contributed by atoms with Gasteiger partial charge in [0.2, 0.25) is 0 Å². The van der Waals surface area contributed by atoms with Crippen LogP contribution in [0, 0.1) is 0 Å². The molecule has 0 aliphatic heterocycles. The fourth-order valence-electron chi connectivity index (χ4n) is 2.24. The lowest BCUT2D eigenvalue weighted by molar-refractivity contribution is 0.0525. The van der Waals surface area contributed by atoms with E-state index in [0.717, 1.165) is 28.6 Å². The molecule has 1 heterocycles. The Hall–Kier alpha value is -1.62. The zero-order chi connectivity index (χ0) is 15.2. The van der Waals surface area contributed by atoms with E-state index < -0.39 is 0 Å². The number of benzene rings is 1. The lowest BCUT2D eigenvalue weighted by Gasteiger charge is -2.09. The Kier molecular flexibility index (Phi) is 5.56. The highest BCUT2D eigenvalue weighted by Crippen LogP contribution is 2.17. The van der Waals surface area contributed by atoms with Crippen LogP contribution in [-0.2, 0) is 17.7 Å². The molecule has 0 saturated carbocycles. The van der Waals surface area contributed by atoms with Crippen LogP contribution in [0.1, 0.15) is 41.9 Å². The highest BCUT2D eigenvalue weighted by Gasteiger charge is 2.17. The first-order valence-corrected chi connectivity index (χ1v) is 7.91. The maximum Gasteiger partial charge on any atom is 0.341 e. The van der Waals surface area contributed by atoms with Crippen LogP contribution in [0.2, 0.25) is 0 Å². The fourth-order valence-corrected chi connectivity index (χ4v) is 2.68. The van der Waals surface area contributed by atoms with Crippen LogP contribution in [0.3, 0.4) is 0 Å². The molecule has 4 nitrogen and oxygen atoms in total. The number of hydrogen-bond acceptors (Lipinski definition) is 3. The number of halogens is 1. The molecule has 2 aromatic rings. The van der Waals surface area contributed by atoms with Gasteiger partial charge in [-0.05, 0) is 31.0 Å². The lowest BCUT2D eigenvalue weighted by atomic mass is 10.1. The molecule has 0 bridgehead atoms. The number of ether oxygens (including phenoxy) is 1. The van der Waals surface area contributed by atoms with Gasteiger partial charge in [-0.1, -0.05) is 41.4 Å². The third kappa shape index (κ3) is 3.94. The molecule has 5 heteroatoms. The Morgan fingerprint density at radius 3 is 2.86 bits per heavy atom. The number of carbonyl (C=O) groups is 1. The molecule has 0 radical (unpaired) electrons. The van der Waals surface area contributed by atoms with Gasteiger partial charge in [0.05, 0.1) is 25.0 Å². The van der Waals surface area contributed by atoms with Crippen LogP contribution in [0.4, 0.5) is 0 Å². The molecule has 0 atom stereocenters. The Morgan fingerprint density at radius 1 is 1.38 bits per heavy atom. The van der Waals surface area contributed by atoms with Gasteiger partial charge in [0.1, 0.15) is 5.56 Å². The second-order valence-corrected chi connectivity index (χ2v) is 5.68. The normalized spacial score (nSPS) is 10.6. The zero-order valence-electron chi connectivity index (χ0n) is 12.3. The van der Waals surface area contributed by atoms with E-state index in [1.54, 1.807) is 6.20 Å². The van der Waals surface area contributed by atoms with Crippen LogP contribution < -0.4 is 0 Å². The van der Waals surface area contributed by atoms with E-state index in [-0.39, 0.29) is 5.97 Å². The smallest absolute Gasteiger partial charge is 0.341 e. The van der Waals surface area contributed by atoms with Crippen molar-refractivity contribution in [3.63, 3.8) is 0 Å². The van der Waals surface area contributed by atoms with Crippen molar-refractivity contribution in [2.75, 3.05) is 6.61 Å². The van der Waals surface area contributed by atoms with Gasteiger partial charge in [0, 0.05) is 4.47 Å². The Balaban J connectivity index is 2.29. The summed E-state index contributed by atoms with van der Waals surface area (Å²) in [6.45, 7) is 4.92. The molecular weight excluding hydrogens is 332 g/mol. The number of carbonyl (C=O) groups excluding carboxylic acids is 1. The van der Waals surface area contributed by atoms with Gasteiger partial charge < -0.3 is 4.74 Å². The molecule has 0 aliphatic carbocycles. The van der Waals surface area contributed by atoms with Gasteiger partial charge in [-0.25, -0.2) is 4.79 Å². The molecule has 0 amide bonds. The summed E-state index contributed by atoms with van der Waals surface area (Å²) < 4.78 is 8.02. The summed E-state index contributed by atoms with van der Waals surface area (Å²) in [7, 11) is 0. The second-order valence-electron chi connectivity index (χ2n) is 4.76. The van der Waals surface area contributed by atoms with Gasteiger partial charge in [-0.15, -0.1) is 0 Å². The average Bonchev–Trinajstić information content (AvgIpc) is 2.83. The Labute approximate surface area is 133 Å². The number of esters is 1. The minimum atomic E-state index is -0.290. The molecule has 1 aromatic heterocycles. The number of rotatable bonds is 6. The molecule has 1 aromatic carbocycles. The van der Waals surface area contributed by atoms with E-state index >= 15 is 0 Å². The Morgan fingerprint density at radius 2 is 2.19 bits per heavy atom. The summed E-state index contributed by atoms with van der Waals surface area (Å²) in [5, 5.41) is 4.36. The Bertz CT molecular complexity index is 622. The molecule has 112 valence electrons. The summed E-state index contributed by atoms with van der Waals surface area (Å²) in [5.41, 5.74) is 2.66. The summed E-state index contributed by atoms with van der Waals surface area (Å²) >= 11 is 3.47. The van der Waals surface area contributed by atoms with Gasteiger partial charge in [0.25, 0.3) is 0 Å². The maximum absolute atomic E-state index is 12.0. The second kappa shape index (κ2) is 7.41. The quantitative estimate of drug-likeness (QED) is 0.743. The maximum atomic E-state index is 12.0. The standard InChI is InChI=1S/C16H19BrN2O2/c1-3-6-15-14(16(20)21-4-2)10-18-19(15)11-12-7-5-8-13(17)9-12/h5,7-10H,3-4,6,11H2,1-2H3. The SMILES string of the molecule is CCCc1c(C(=O)OCC)cnn1Cc1cccc(Br)c1. The van der Waals surface area contributed by atoms with Crippen molar-refractivity contribution in [2.24, 2.45) is 0 Å². The van der Waals surface area contributed by atoms with Crippen molar-refractivity contribution in [1.29, 1.82) is 0 Å². The molecular formula is C16H19BrN2O2. The third-order valence-electron chi connectivity index (χ3n) is 3.15. The van der Waals surface area contributed by atoms with E-state index in [2.05, 4.69) is 34.0 Å². The average molecular weight is 351 g/mol. The van der Waals surface area contributed by atoms with Gasteiger partial charge >= 0.3 is 5.97 Å². The van der Waals surface area contributed by atoms with Crippen LogP contribution in [-0.4, -0.2) is 22.4 Å². The highest BCUT2D eigenvalue weighted by atomic mass is 79.9.